The molecule has 12 heavy (non-hydrogen) atoms. The van der Waals surface area contributed by atoms with Crippen LogP contribution in [0.1, 0.15) is 10.4 Å². The van der Waals surface area contributed by atoms with Gasteiger partial charge in [-0.1, -0.05) is 30.3 Å². The van der Waals surface area contributed by atoms with E-state index in [0.717, 1.165) is 0 Å². The Labute approximate surface area is 76.0 Å². The maximum Gasteiger partial charge on any atom is 0.182 e. The number of thiol groups is 1. The van der Waals surface area contributed by atoms with Crippen LogP contribution >= 0.6 is 12.6 Å². The van der Waals surface area contributed by atoms with Crippen LogP contribution in [0, 0.1) is 0 Å². The summed E-state index contributed by atoms with van der Waals surface area (Å²) in [6.07, 6.45) is 0.526. The number of hydrogen-bond donors (Lipinski definition) is 1. The van der Waals surface area contributed by atoms with Gasteiger partial charge in [-0.05, 0) is 0 Å². The zero-order chi connectivity index (χ0) is 8.97. The zero-order valence-electron chi connectivity index (χ0n) is 6.31. The van der Waals surface area contributed by atoms with Gasteiger partial charge in [-0.2, -0.15) is 12.6 Å². The van der Waals surface area contributed by atoms with Gasteiger partial charge in [-0.3, -0.25) is 4.79 Å². The minimum absolute atomic E-state index is 0.256. The summed E-state index contributed by atoms with van der Waals surface area (Å²) in [5.41, 5.74) is 0.518. The molecule has 0 aliphatic carbocycles. The number of hydrogen-bond acceptors (Lipinski definition) is 3. The first-order valence-electron chi connectivity index (χ1n) is 3.48. The van der Waals surface area contributed by atoms with Gasteiger partial charge < -0.3 is 4.79 Å². The lowest BCUT2D eigenvalue weighted by molar-refractivity contribution is -0.106. The smallest absolute Gasteiger partial charge is 0.182 e. The highest BCUT2D eigenvalue weighted by atomic mass is 32.1. The fraction of sp³-hybridized carbons (Fsp3) is 0.111. The molecule has 0 unspecified atom stereocenters. The van der Waals surface area contributed by atoms with Gasteiger partial charge in [-0.25, -0.2) is 0 Å². The standard InChI is InChI=1S/C9H8O2S/c10-6-8(12)9(11)7-4-2-1-3-5-7/h1-6,8,12H/t8-/m0/s1. The molecule has 0 fully saturated rings. The largest absolute Gasteiger partial charge is 0.302 e. The second-order valence-corrected chi connectivity index (χ2v) is 2.87. The van der Waals surface area contributed by atoms with E-state index < -0.39 is 5.25 Å². The summed E-state index contributed by atoms with van der Waals surface area (Å²) in [6, 6.07) is 8.63. The monoisotopic (exact) mass is 180 g/mol. The average Bonchev–Trinajstić information content (AvgIpc) is 2.17. The van der Waals surface area contributed by atoms with Gasteiger partial charge in [0.1, 0.15) is 11.5 Å². The Morgan fingerprint density at radius 3 is 2.42 bits per heavy atom. The molecule has 0 amide bonds. The normalized spacial score (nSPS) is 12.1. The number of benzene rings is 1. The van der Waals surface area contributed by atoms with Gasteiger partial charge in [0.2, 0.25) is 0 Å². The molecule has 0 bridgehead atoms. The lowest BCUT2D eigenvalue weighted by atomic mass is 10.1. The number of carbonyl (C=O) groups excluding carboxylic acids is 2. The zero-order valence-corrected chi connectivity index (χ0v) is 7.20. The molecule has 0 spiro atoms. The first kappa shape index (κ1) is 9.00. The minimum Gasteiger partial charge on any atom is -0.302 e. The van der Waals surface area contributed by atoms with Crippen molar-refractivity contribution in [3.8, 4) is 0 Å². The number of Topliss-reactive ketones (excluding diaryl/α,β-unsaturated/α-hetero) is 1. The second kappa shape index (κ2) is 4.07. The number of carbonyl (C=O) groups is 2. The maximum absolute atomic E-state index is 11.3. The summed E-state index contributed by atoms with van der Waals surface area (Å²) in [5, 5.41) is -0.840. The molecule has 1 aromatic carbocycles. The Kier molecular flexibility index (Phi) is 3.05. The molecular weight excluding hydrogens is 172 g/mol. The van der Waals surface area contributed by atoms with Crippen LogP contribution in [0.3, 0.4) is 0 Å². The lowest BCUT2D eigenvalue weighted by Gasteiger charge is -2.00. The van der Waals surface area contributed by atoms with Crippen molar-refractivity contribution >= 4 is 24.7 Å². The topological polar surface area (TPSA) is 34.1 Å². The lowest BCUT2D eigenvalue weighted by Crippen LogP contribution is -2.15. The molecule has 0 radical (unpaired) electrons. The summed E-state index contributed by atoms with van der Waals surface area (Å²) < 4.78 is 0. The average molecular weight is 180 g/mol. The Morgan fingerprint density at radius 1 is 1.33 bits per heavy atom. The fourth-order valence-electron chi connectivity index (χ4n) is 0.835. The fourth-order valence-corrected chi connectivity index (χ4v) is 0.984. The van der Waals surface area contributed by atoms with Crippen LogP contribution in [-0.2, 0) is 4.79 Å². The molecule has 62 valence electrons. The van der Waals surface area contributed by atoms with E-state index in [1.807, 2.05) is 6.07 Å². The van der Waals surface area contributed by atoms with Gasteiger partial charge >= 0.3 is 0 Å². The highest BCUT2D eigenvalue weighted by Crippen LogP contribution is 2.05. The molecule has 3 heteroatoms. The third kappa shape index (κ3) is 1.95. The first-order valence-corrected chi connectivity index (χ1v) is 4.00. The molecule has 1 rings (SSSR count). The molecule has 0 saturated carbocycles. The van der Waals surface area contributed by atoms with Crippen LogP contribution in [0.15, 0.2) is 30.3 Å². The summed E-state index contributed by atoms with van der Waals surface area (Å²) in [5.74, 6) is -0.256. The van der Waals surface area contributed by atoms with E-state index in [1.165, 1.54) is 0 Å². The van der Waals surface area contributed by atoms with Crippen molar-refractivity contribution in [2.24, 2.45) is 0 Å². The van der Waals surface area contributed by atoms with E-state index in [1.54, 1.807) is 24.3 Å². The van der Waals surface area contributed by atoms with E-state index in [0.29, 0.717) is 11.8 Å². The molecule has 2 nitrogen and oxygen atoms in total. The molecule has 0 N–H and O–H groups in total. The van der Waals surface area contributed by atoms with E-state index in [9.17, 15) is 9.59 Å². The van der Waals surface area contributed by atoms with E-state index >= 15 is 0 Å². The molecule has 0 saturated heterocycles. The summed E-state index contributed by atoms with van der Waals surface area (Å²) in [4.78, 5) is 21.5. The predicted molar refractivity (Wildman–Crippen MR) is 49.6 cm³/mol. The van der Waals surface area contributed by atoms with Crippen molar-refractivity contribution in [1.82, 2.24) is 0 Å². The molecule has 1 atom stereocenters. The maximum atomic E-state index is 11.3. The van der Waals surface area contributed by atoms with E-state index in [2.05, 4.69) is 12.6 Å². The highest BCUT2D eigenvalue weighted by Gasteiger charge is 2.13. The van der Waals surface area contributed by atoms with Gasteiger partial charge in [0.05, 0.1) is 0 Å². The number of ketones is 1. The first-order chi connectivity index (χ1) is 5.75. The predicted octanol–water partition coefficient (Wildman–Crippen LogP) is 1.37. The molecule has 0 aliphatic rings. The van der Waals surface area contributed by atoms with E-state index in [-0.39, 0.29) is 5.78 Å². The Morgan fingerprint density at radius 2 is 1.92 bits per heavy atom. The van der Waals surface area contributed by atoms with Crippen molar-refractivity contribution in [3.05, 3.63) is 35.9 Å². The molecular formula is C9H8O2S. The van der Waals surface area contributed by atoms with Crippen LogP contribution in [-0.4, -0.2) is 17.3 Å². The number of aldehydes is 1. The van der Waals surface area contributed by atoms with Crippen LogP contribution in [0.2, 0.25) is 0 Å². The van der Waals surface area contributed by atoms with Crippen LogP contribution in [0.25, 0.3) is 0 Å². The van der Waals surface area contributed by atoms with Crippen molar-refractivity contribution in [1.29, 1.82) is 0 Å². The van der Waals surface area contributed by atoms with Gasteiger partial charge in [0.15, 0.2) is 5.78 Å². The number of rotatable bonds is 3. The third-order valence-electron chi connectivity index (χ3n) is 1.46. The summed E-state index contributed by atoms with van der Waals surface area (Å²) in [6.45, 7) is 0. The highest BCUT2D eigenvalue weighted by molar-refractivity contribution is 7.82. The van der Waals surface area contributed by atoms with Crippen molar-refractivity contribution < 1.29 is 9.59 Å². The van der Waals surface area contributed by atoms with Crippen molar-refractivity contribution in [3.63, 3.8) is 0 Å². The van der Waals surface area contributed by atoms with Gasteiger partial charge in [0, 0.05) is 5.56 Å². The van der Waals surface area contributed by atoms with Gasteiger partial charge in [0.25, 0.3) is 0 Å². The SMILES string of the molecule is O=C[C@H](S)C(=O)c1ccccc1. The molecule has 0 aliphatic heterocycles. The van der Waals surface area contributed by atoms with Crippen LogP contribution in [0.4, 0.5) is 0 Å². The van der Waals surface area contributed by atoms with Crippen LogP contribution < -0.4 is 0 Å². The summed E-state index contributed by atoms with van der Waals surface area (Å²) >= 11 is 3.82. The third-order valence-corrected chi connectivity index (χ3v) is 1.81. The van der Waals surface area contributed by atoms with E-state index in [4.69, 9.17) is 0 Å². The molecule has 0 heterocycles. The van der Waals surface area contributed by atoms with Crippen molar-refractivity contribution in [2.45, 2.75) is 5.25 Å². The second-order valence-electron chi connectivity index (χ2n) is 2.31. The molecule has 0 aromatic heterocycles. The Balaban J connectivity index is 2.85. The minimum atomic E-state index is -0.840. The Bertz CT molecular complexity index is 282. The van der Waals surface area contributed by atoms with Crippen molar-refractivity contribution in [2.75, 3.05) is 0 Å². The quantitative estimate of drug-likeness (QED) is 0.330. The molecule has 1 aromatic rings. The van der Waals surface area contributed by atoms with Crippen LogP contribution in [0.5, 0.6) is 0 Å². The van der Waals surface area contributed by atoms with Gasteiger partial charge in [-0.15, -0.1) is 0 Å². The summed E-state index contributed by atoms with van der Waals surface area (Å²) in [7, 11) is 0. The Hall–Kier alpha value is -1.09.